The van der Waals surface area contributed by atoms with Gasteiger partial charge in [-0.05, 0) is 12.1 Å². The summed E-state index contributed by atoms with van der Waals surface area (Å²) in [5.41, 5.74) is 0.457. The van der Waals surface area contributed by atoms with E-state index in [-0.39, 0.29) is 39.7 Å². The molecule has 0 atom stereocenters. The molecule has 1 aromatic rings. The Morgan fingerprint density at radius 2 is 1.65 bits per heavy atom. The van der Waals surface area contributed by atoms with Gasteiger partial charge in [0.1, 0.15) is 12.4 Å². The molecule has 0 amide bonds. The van der Waals surface area contributed by atoms with Gasteiger partial charge in [0.15, 0.2) is 0 Å². The second-order valence-electron chi connectivity index (χ2n) is 4.44. The predicted molar refractivity (Wildman–Crippen MR) is 85.8 cm³/mol. The summed E-state index contributed by atoms with van der Waals surface area (Å²) in [6.45, 7) is -0.0815. The number of hydrogen-bond acceptors (Lipinski definition) is 6. The molecule has 23 heavy (non-hydrogen) atoms. The fourth-order valence-corrected chi connectivity index (χ4v) is 2.63. The number of esters is 2. The largest absolute Gasteiger partial charge is 0.466 e. The van der Waals surface area contributed by atoms with Crippen LogP contribution in [0.25, 0.3) is 0 Å². The van der Waals surface area contributed by atoms with Gasteiger partial charge in [-0.3, -0.25) is 0 Å². The molecule has 0 unspecified atom stereocenters. The van der Waals surface area contributed by atoms with E-state index in [0.717, 1.165) is 0 Å². The van der Waals surface area contributed by atoms with E-state index >= 15 is 0 Å². The number of carbonyl (C=O) groups is 2. The summed E-state index contributed by atoms with van der Waals surface area (Å²) in [5.74, 6) is -1.41. The van der Waals surface area contributed by atoms with Gasteiger partial charge in [0.25, 0.3) is 0 Å². The molecule has 9 heteroatoms. The minimum atomic E-state index is -0.712. The number of nitrogens with zero attached hydrogens (tertiary/aromatic N) is 1. The highest BCUT2D eigenvalue weighted by Crippen LogP contribution is 2.36. The van der Waals surface area contributed by atoms with E-state index in [9.17, 15) is 9.59 Å². The maximum absolute atomic E-state index is 12.1. The first-order chi connectivity index (χ1) is 10.9. The molecule has 0 bridgehead atoms. The van der Waals surface area contributed by atoms with Gasteiger partial charge in [-0.1, -0.05) is 34.8 Å². The third kappa shape index (κ3) is 3.55. The summed E-state index contributed by atoms with van der Waals surface area (Å²) in [6.07, 6.45) is 0. The Labute approximate surface area is 147 Å². The molecular formula is C14H12Cl3NO5. The smallest absolute Gasteiger partial charge is 0.355 e. The number of carbonyl (C=O) groups excluding carboxylic acids is 2. The molecule has 2 rings (SSSR count). The van der Waals surface area contributed by atoms with Crippen molar-refractivity contribution in [3.8, 4) is 0 Å². The number of hydrogen-bond donors (Lipinski definition) is 0. The Hall–Kier alpha value is -1.47. The van der Waals surface area contributed by atoms with Crippen molar-refractivity contribution in [2.24, 2.45) is 0 Å². The molecule has 0 fully saturated rings. The van der Waals surface area contributed by atoms with Gasteiger partial charge < -0.3 is 19.1 Å². The standard InChI is InChI=1S/C14H12Cl3NO5/c1-21-13(19)8-5-23-6-18(12(8)14(20)22-2)7-3-9(15)11(17)10(16)4-7/h3-4H,5-6H2,1-2H3. The molecule has 6 nitrogen and oxygen atoms in total. The Morgan fingerprint density at radius 1 is 1.09 bits per heavy atom. The Kier molecular flexibility index (Phi) is 5.75. The quantitative estimate of drug-likeness (QED) is 0.593. The number of ether oxygens (including phenoxy) is 3. The maximum atomic E-state index is 12.1. The SMILES string of the molecule is COC(=O)C1=C(C(=O)OC)N(c2cc(Cl)c(Cl)c(Cl)c2)COC1. The van der Waals surface area contributed by atoms with Crippen LogP contribution < -0.4 is 4.90 Å². The van der Waals surface area contributed by atoms with Crippen molar-refractivity contribution in [3.05, 3.63) is 38.5 Å². The highest BCUT2D eigenvalue weighted by molar-refractivity contribution is 6.48. The van der Waals surface area contributed by atoms with Crippen LogP contribution in [0.4, 0.5) is 5.69 Å². The van der Waals surface area contributed by atoms with Crippen LogP contribution in [0.15, 0.2) is 23.4 Å². The highest BCUT2D eigenvalue weighted by atomic mass is 35.5. The number of rotatable bonds is 3. The number of benzene rings is 1. The Balaban J connectivity index is 2.59. The average molecular weight is 381 g/mol. The van der Waals surface area contributed by atoms with Crippen LogP contribution in [0.2, 0.25) is 15.1 Å². The lowest BCUT2D eigenvalue weighted by Crippen LogP contribution is -2.38. The molecule has 1 aliphatic heterocycles. The average Bonchev–Trinajstić information content (AvgIpc) is 2.57. The van der Waals surface area contributed by atoms with E-state index in [2.05, 4.69) is 4.74 Å². The maximum Gasteiger partial charge on any atom is 0.355 e. The van der Waals surface area contributed by atoms with Gasteiger partial charge in [-0.15, -0.1) is 0 Å². The van der Waals surface area contributed by atoms with E-state index in [0.29, 0.717) is 5.69 Å². The van der Waals surface area contributed by atoms with Crippen LogP contribution in [0, 0.1) is 0 Å². The predicted octanol–water partition coefficient (Wildman–Crippen LogP) is 3.04. The van der Waals surface area contributed by atoms with E-state index < -0.39 is 11.9 Å². The van der Waals surface area contributed by atoms with Crippen molar-refractivity contribution in [1.82, 2.24) is 0 Å². The lowest BCUT2D eigenvalue weighted by Gasteiger charge is -2.31. The first-order valence-corrected chi connectivity index (χ1v) is 7.43. The van der Waals surface area contributed by atoms with Crippen molar-refractivity contribution < 1.29 is 23.8 Å². The summed E-state index contributed by atoms with van der Waals surface area (Å²) in [5, 5.41) is 0.582. The van der Waals surface area contributed by atoms with Gasteiger partial charge in [0, 0.05) is 5.69 Å². The lowest BCUT2D eigenvalue weighted by molar-refractivity contribution is -0.140. The summed E-state index contributed by atoms with van der Waals surface area (Å²) >= 11 is 18.0. The second kappa shape index (κ2) is 7.40. The molecular weight excluding hydrogens is 369 g/mol. The zero-order valence-electron chi connectivity index (χ0n) is 12.2. The van der Waals surface area contributed by atoms with Gasteiger partial charge in [-0.2, -0.15) is 0 Å². The summed E-state index contributed by atoms with van der Waals surface area (Å²) < 4.78 is 14.8. The second-order valence-corrected chi connectivity index (χ2v) is 5.63. The van der Waals surface area contributed by atoms with Crippen LogP contribution >= 0.6 is 34.8 Å². The molecule has 0 saturated heterocycles. The highest BCUT2D eigenvalue weighted by Gasteiger charge is 2.32. The third-order valence-electron chi connectivity index (χ3n) is 3.11. The topological polar surface area (TPSA) is 65.1 Å². The third-order valence-corrected chi connectivity index (χ3v) is 4.31. The van der Waals surface area contributed by atoms with Crippen LogP contribution in [-0.2, 0) is 23.8 Å². The summed E-state index contributed by atoms with van der Waals surface area (Å²) in [7, 11) is 2.42. The summed E-state index contributed by atoms with van der Waals surface area (Å²) in [4.78, 5) is 25.4. The number of methoxy groups -OCH3 is 2. The zero-order chi connectivity index (χ0) is 17.1. The first-order valence-electron chi connectivity index (χ1n) is 6.30. The molecule has 0 N–H and O–H groups in total. The van der Waals surface area contributed by atoms with Crippen LogP contribution in [0.5, 0.6) is 0 Å². The van der Waals surface area contributed by atoms with E-state index in [4.69, 9.17) is 44.3 Å². The van der Waals surface area contributed by atoms with Crippen molar-refractivity contribution in [2.75, 3.05) is 32.5 Å². The van der Waals surface area contributed by atoms with Gasteiger partial charge in [-0.25, -0.2) is 9.59 Å². The zero-order valence-corrected chi connectivity index (χ0v) is 14.5. The van der Waals surface area contributed by atoms with E-state index in [1.54, 1.807) is 0 Å². The molecule has 1 aromatic carbocycles. The molecule has 0 spiro atoms. The normalized spacial score (nSPS) is 14.7. The molecule has 0 aliphatic carbocycles. The number of halogens is 3. The molecule has 1 heterocycles. The van der Waals surface area contributed by atoms with Gasteiger partial charge in [0.2, 0.25) is 0 Å². The van der Waals surface area contributed by atoms with Gasteiger partial charge >= 0.3 is 11.9 Å². The molecule has 0 aromatic heterocycles. The fraction of sp³-hybridized carbons (Fsp3) is 0.286. The summed E-state index contributed by atoms with van der Waals surface area (Å²) in [6, 6.07) is 3.00. The first kappa shape index (κ1) is 17.9. The van der Waals surface area contributed by atoms with Crippen LogP contribution in [-0.4, -0.2) is 39.5 Å². The van der Waals surface area contributed by atoms with Crippen LogP contribution in [0.3, 0.4) is 0 Å². The monoisotopic (exact) mass is 379 g/mol. The van der Waals surface area contributed by atoms with E-state index in [1.807, 2.05) is 0 Å². The van der Waals surface area contributed by atoms with E-state index in [1.165, 1.54) is 31.3 Å². The van der Waals surface area contributed by atoms with Crippen molar-refractivity contribution in [1.29, 1.82) is 0 Å². The Bertz CT molecular complexity index is 666. The Morgan fingerprint density at radius 3 is 2.17 bits per heavy atom. The number of anilines is 1. The lowest BCUT2D eigenvalue weighted by atomic mass is 10.1. The molecule has 124 valence electrons. The fourth-order valence-electron chi connectivity index (χ4n) is 2.05. The molecule has 1 aliphatic rings. The minimum absolute atomic E-state index is 0.0000517. The van der Waals surface area contributed by atoms with Crippen molar-refractivity contribution in [3.63, 3.8) is 0 Å². The van der Waals surface area contributed by atoms with Gasteiger partial charge in [0.05, 0.1) is 41.5 Å². The van der Waals surface area contributed by atoms with Crippen molar-refractivity contribution in [2.45, 2.75) is 0 Å². The molecule has 0 saturated carbocycles. The van der Waals surface area contributed by atoms with Crippen molar-refractivity contribution >= 4 is 52.4 Å². The molecule has 0 radical (unpaired) electrons. The van der Waals surface area contributed by atoms with Crippen LogP contribution in [0.1, 0.15) is 0 Å². The minimum Gasteiger partial charge on any atom is -0.466 e.